The molecule has 3 saturated carbocycles. The monoisotopic (exact) mass is 516 g/mol. The molecule has 36 heavy (non-hydrogen) atoms. The average molecular weight is 517 g/mol. The highest BCUT2D eigenvalue weighted by Gasteiger charge is 2.64. The third-order valence-corrected chi connectivity index (χ3v) is 9.55. The smallest absolute Gasteiger partial charge is 0.298 e. The van der Waals surface area contributed by atoms with Crippen molar-refractivity contribution < 1.29 is 26.4 Å². The first kappa shape index (κ1) is 25.0. The molecule has 3 atom stereocenters. The lowest BCUT2D eigenvalue weighted by Crippen LogP contribution is -2.48. The Kier molecular flexibility index (Phi) is 6.24. The lowest BCUT2D eigenvalue weighted by molar-refractivity contribution is -0.135. The van der Waals surface area contributed by atoms with Crippen molar-refractivity contribution in [1.82, 2.24) is 4.72 Å². The van der Waals surface area contributed by atoms with Crippen LogP contribution in [0.25, 0.3) is 11.1 Å². The number of rotatable bonds is 8. The Balaban J connectivity index is 1.54. The Morgan fingerprint density at radius 2 is 1.78 bits per heavy atom. The molecule has 3 aliphatic carbocycles. The van der Waals surface area contributed by atoms with Crippen LogP contribution >= 0.6 is 0 Å². The van der Waals surface area contributed by atoms with Gasteiger partial charge in [-0.05, 0) is 67.4 Å². The largest absolute Gasteiger partial charge is 0.350 e. The maximum Gasteiger partial charge on any atom is 0.350 e. The van der Waals surface area contributed by atoms with E-state index in [1.165, 1.54) is 0 Å². The Morgan fingerprint density at radius 1 is 1.08 bits per heavy atom. The highest BCUT2D eigenvalue weighted by atomic mass is 32.2. The van der Waals surface area contributed by atoms with E-state index in [2.05, 4.69) is 10.8 Å². The molecule has 190 valence electrons. The van der Waals surface area contributed by atoms with Crippen molar-refractivity contribution >= 4 is 15.8 Å². The topological polar surface area (TPSA) is 87.0 Å². The standard InChI is InChI=1S/C27H27F3N2O3S/c28-22-18(8-4-9-19(22)17-6-2-1-3-7-17)14-20-21(24(33)27(16-31)10-5-11-27)15-26(12-13-26)23(20)32-36(34,35)25(29)30/h1-4,6-9,20-21,23,25,32H,5,10-15H2/t20-,21?,23-/m1/s1. The minimum Gasteiger partial charge on any atom is -0.298 e. The molecular formula is C27H27F3N2O3S. The minimum atomic E-state index is -4.93. The van der Waals surface area contributed by atoms with Crippen molar-refractivity contribution in [3.63, 3.8) is 0 Å². The van der Waals surface area contributed by atoms with Crippen molar-refractivity contribution in [2.24, 2.45) is 22.7 Å². The van der Waals surface area contributed by atoms with Crippen molar-refractivity contribution in [1.29, 1.82) is 5.26 Å². The van der Waals surface area contributed by atoms with Crippen LogP contribution in [0.2, 0.25) is 0 Å². The molecule has 1 spiro atoms. The molecule has 0 heterocycles. The number of nitrogens with one attached hydrogen (secondary N) is 1. The van der Waals surface area contributed by atoms with E-state index in [-0.39, 0.29) is 17.8 Å². The minimum absolute atomic E-state index is 0.00258. The van der Waals surface area contributed by atoms with Crippen LogP contribution < -0.4 is 4.72 Å². The third kappa shape index (κ3) is 4.14. The number of halogens is 3. The van der Waals surface area contributed by atoms with Crippen molar-refractivity contribution in [2.45, 2.75) is 56.7 Å². The fourth-order valence-corrected chi connectivity index (χ4v) is 7.08. The Hall–Kier alpha value is -2.70. The van der Waals surface area contributed by atoms with E-state index in [0.29, 0.717) is 43.2 Å². The SMILES string of the molecule is N#CC1(C(=O)C2CC3(CC3)[C@H](NS(=O)(=O)C(F)F)[C@@H]2Cc2cccc(-c3ccccc3)c2F)CCC1. The van der Waals surface area contributed by atoms with Crippen LogP contribution in [0, 0.1) is 39.8 Å². The number of hydrogen-bond donors (Lipinski definition) is 1. The van der Waals surface area contributed by atoms with E-state index >= 15 is 4.39 Å². The number of alkyl halides is 2. The molecule has 0 saturated heterocycles. The maximum absolute atomic E-state index is 15.7. The normalized spacial score (nSPS) is 25.9. The van der Waals surface area contributed by atoms with E-state index in [4.69, 9.17) is 0 Å². The first-order valence-corrected chi connectivity index (χ1v) is 13.7. The summed E-state index contributed by atoms with van der Waals surface area (Å²) in [6.07, 6.45) is 3.12. The summed E-state index contributed by atoms with van der Waals surface area (Å²) >= 11 is 0. The molecule has 0 bridgehead atoms. The van der Waals surface area contributed by atoms with Gasteiger partial charge in [0.15, 0.2) is 5.78 Å². The summed E-state index contributed by atoms with van der Waals surface area (Å²) in [5.74, 6) is -5.80. The maximum atomic E-state index is 15.7. The molecule has 0 radical (unpaired) electrons. The van der Waals surface area contributed by atoms with Gasteiger partial charge < -0.3 is 0 Å². The van der Waals surface area contributed by atoms with Gasteiger partial charge in [0.1, 0.15) is 11.2 Å². The van der Waals surface area contributed by atoms with Crippen LogP contribution in [0.5, 0.6) is 0 Å². The number of nitrogens with zero attached hydrogens (tertiary/aromatic N) is 1. The summed E-state index contributed by atoms with van der Waals surface area (Å²) in [6.45, 7) is 0. The number of benzene rings is 2. The average Bonchev–Trinajstić information content (AvgIpc) is 3.55. The van der Waals surface area contributed by atoms with Gasteiger partial charge in [-0.25, -0.2) is 17.5 Å². The van der Waals surface area contributed by atoms with Gasteiger partial charge in [0.25, 0.3) is 10.0 Å². The van der Waals surface area contributed by atoms with E-state index < -0.39 is 50.3 Å². The van der Waals surface area contributed by atoms with E-state index in [1.54, 1.807) is 42.5 Å². The molecule has 2 aromatic carbocycles. The van der Waals surface area contributed by atoms with Gasteiger partial charge in [-0.3, -0.25) is 4.79 Å². The number of nitriles is 1. The van der Waals surface area contributed by atoms with Gasteiger partial charge in [-0.1, -0.05) is 48.5 Å². The van der Waals surface area contributed by atoms with Gasteiger partial charge in [0.2, 0.25) is 0 Å². The first-order chi connectivity index (χ1) is 17.1. The van der Waals surface area contributed by atoms with Crippen LogP contribution in [-0.4, -0.2) is 26.0 Å². The molecule has 0 aliphatic heterocycles. The molecule has 5 rings (SSSR count). The highest BCUT2D eigenvalue weighted by Crippen LogP contribution is 2.64. The number of Topliss-reactive ketones (excluding diaryl/α,β-unsaturated/α-hetero) is 1. The van der Waals surface area contributed by atoms with Crippen molar-refractivity contribution in [3.8, 4) is 17.2 Å². The zero-order valence-electron chi connectivity index (χ0n) is 19.6. The molecule has 1 unspecified atom stereocenters. The van der Waals surface area contributed by atoms with Crippen molar-refractivity contribution in [3.05, 3.63) is 59.9 Å². The van der Waals surface area contributed by atoms with Crippen LogP contribution in [0.4, 0.5) is 13.2 Å². The Bertz CT molecular complexity index is 1320. The molecule has 3 fully saturated rings. The predicted molar refractivity (Wildman–Crippen MR) is 128 cm³/mol. The Labute approximate surface area is 208 Å². The van der Waals surface area contributed by atoms with Crippen LogP contribution in [0.3, 0.4) is 0 Å². The summed E-state index contributed by atoms with van der Waals surface area (Å²) in [4.78, 5) is 13.7. The second kappa shape index (κ2) is 9.00. The fraction of sp³-hybridized carbons (Fsp3) is 0.481. The summed E-state index contributed by atoms with van der Waals surface area (Å²) < 4.78 is 69.1. The number of hydrogen-bond acceptors (Lipinski definition) is 4. The number of carbonyl (C=O) groups excluding carboxylic acids is 1. The van der Waals surface area contributed by atoms with Crippen LogP contribution in [0.15, 0.2) is 48.5 Å². The zero-order chi connectivity index (χ0) is 25.7. The lowest BCUT2D eigenvalue weighted by Gasteiger charge is -2.37. The molecule has 3 aliphatic rings. The highest BCUT2D eigenvalue weighted by molar-refractivity contribution is 7.89. The predicted octanol–water partition coefficient (Wildman–Crippen LogP) is 5.23. The lowest BCUT2D eigenvalue weighted by atomic mass is 9.62. The number of sulfonamides is 1. The van der Waals surface area contributed by atoms with Gasteiger partial charge >= 0.3 is 5.76 Å². The van der Waals surface area contributed by atoms with Gasteiger partial charge in [0, 0.05) is 17.5 Å². The second-order valence-electron chi connectivity index (χ2n) is 10.5. The molecule has 9 heteroatoms. The van der Waals surface area contributed by atoms with Crippen molar-refractivity contribution in [2.75, 3.05) is 0 Å². The molecule has 0 amide bonds. The molecule has 5 nitrogen and oxygen atoms in total. The summed E-state index contributed by atoms with van der Waals surface area (Å²) in [5.41, 5.74) is -0.423. The van der Waals surface area contributed by atoms with Gasteiger partial charge in [-0.15, -0.1) is 0 Å². The number of carbonyl (C=O) groups is 1. The molecule has 2 aromatic rings. The zero-order valence-corrected chi connectivity index (χ0v) is 20.4. The first-order valence-electron chi connectivity index (χ1n) is 12.2. The van der Waals surface area contributed by atoms with E-state index in [1.807, 2.05) is 6.07 Å². The molecular weight excluding hydrogens is 489 g/mol. The quantitative estimate of drug-likeness (QED) is 0.521. The van der Waals surface area contributed by atoms with Crippen LogP contribution in [0.1, 0.15) is 44.1 Å². The third-order valence-electron chi connectivity index (χ3n) is 8.50. The molecule has 0 aromatic heterocycles. The fourth-order valence-electron chi connectivity index (χ4n) is 6.20. The van der Waals surface area contributed by atoms with E-state index in [0.717, 1.165) is 6.42 Å². The summed E-state index contributed by atoms with van der Waals surface area (Å²) in [7, 11) is -4.93. The van der Waals surface area contributed by atoms with Crippen LogP contribution in [-0.2, 0) is 21.2 Å². The van der Waals surface area contributed by atoms with Gasteiger partial charge in [0.05, 0.1) is 6.07 Å². The summed E-state index contributed by atoms with van der Waals surface area (Å²) in [6, 6.07) is 15.1. The molecule has 1 N–H and O–H groups in total. The summed E-state index contributed by atoms with van der Waals surface area (Å²) in [5, 5.41) is 9.78. The number of ketones is 1. The second-order valence-corrected chi connectivity index (χ2v) is 12.2. The van der Waals surface area contributed by atoms with Gasteiger partial charge in [-0.2, -0.15) is 14.0 Å². The Morgan fingerprint density at radius 3 is 2.33 bits per heavy atom. The van der Waals surface area contributed by atoms with E-state index in [9.17, 15) is 27.3 Å².